The normalized spacial score (nSPS) is 11.9. The van der Waals surface area contributed by atoms with Gasteiger partial charge in [0.15, 0.2) is 0 Å². The lowest BCUT2D eigenvalue weighted by atomic mass is 10.1. The Kier molecular flexibility index (Phi) is 4.39. The van der Waals surface area contributed by atoms with Gasteiger partial charge in [0.05, 0.1) is 6.04 Å². The van der Waals surface area contributed by atoms with Crippen LogP contribution in [0.2, 0.25) is 0 Å². The molecule has 0 bridgehead atoms. The minimum atomic E-state index is -0.524. The molecule has 5 heteroatoms. The number of carbonyl (C=O) groups excluding carboxylic acids is 1. The van der Waals surface area contributed by atoms with Crippen LogP contribution in [0, 0.1) is 5.82 Å². The lowest BCUT2D eigenvalue weighted by Crippen LogP contribution is -2.27. The SMILES string of the molecule is CC(NC(=O)c1cc(N)cc(F)c1)c1ccccc1Br. The molecule has 1 unspecified atom stereocenters. The van der Waals surface area contributed by atoms with Gasteiger partial charge in [-0.05, 0) is 36.8 Å². The molecule has 0 spiro atoms. The van der Waals surface area contributed by atoms with Crippen molar-refractivity contribution in [1.29, 1.82) is 0 Å². The first-order valence-corrected chi connectivity index (χ1v) is 6.88. The summed E-state index contributed by atoms with van der Waals surface area (Å²) in [7, 11) is 0. The average Bonchev–Trinajstić information content (AvgIpc) is 2.37. The summed E-state index contributed by atoms with van der Waals surface area (Å²) < 4.78 is 14.2. The van der Waals surface area contributed by atoms with Crippen molar-refractivity contribution in [1.82, 2.24) is 5.32 Å². The van der Waals surface area contributed by atoms with Crippen LogP contribution in [0.1, 0.15) is 28.9 Å². The summed E-state index contributed by atoms with van der Waals surface area (Å²) in [6.07, 6.45) is 0. The zero-order valence-corrected chi connectivity index (χ0v) is 12.4. The molecule has 0 fully saturated rings. The fourth-order valence-electron chi connectivity index (χ4n) is 1.93. The largest absolute Gasteiger partial charge is 0.399 e. The van der Waals surface area contributed by atoms with Crippen LogP contribution >= 0.6 is 15.9 Å². The molecular formula is C15H14BrFN2O. The molecule has 0 aliphatic rings. The van der Waals surface area contributed by atoms with Gasteiger partial charge in [-0.15, -0.1) is 0 Å². The Balaban J connectivity index is 2.17. The van der Waals surface area contributed by atoms with E-state index in [1.54, 1.807) is 0 Å². The Morgan fingerprint density at radius 1 is 1.30 bits per heavy atom. The van der Waals surface area contributed by atoms with Crippen molar-refractivity contribution in [3.05, 3.63) is 63.9 Å². The summed E-state index contributed by atoms with van der Waals surface area (Å²) in [5, 5.41) is 2.82. The highest BCUT2D eigenvalue weighted by atomic mass is 79.9. The smallest absolute Gasteiger partial charge is 0.251 e. The summed E-state index contributed by atoms with van der Waals surface area (Å²) >= 11 is 3.43. The number of nitrogens with two attached hydrogens (primary N) is 1. The van der Waals surface area contributed by atoms with E-state index in [9.17, 15) is 9.18 Å². The highest BCUT2D eigenvalue weighted by molar-refractivity contribution is 9.10. The molecule has 3 nitrogen and oxygen atoms in total. The molecule has 0 saturated carbocycles. The summed E-state index contributed by atoms with van der Waals surface area (Å²) in [5.41, 5.74) is 6.92. The van der Waals surface area contributed by atoms with Gasteiger partial charge in [0.25, 0.3) is 5.91 Å². The van der Waals surface area contributed by atoms with Gasteiger partial charge < -0.3 is 11.1 Å². The second-order valence-electron chi connectivity index (χ2n) is 4.49. The topological polar surface area (TPSA) is 55.1 Å². The number of benzene rings is 2. The second kappa shape index (κ2) is 6.05. The third kappa shape index (κ3) is 3.36. The summed E-state index contributed by atoms with van der Waals surface area (Å²) in [6.45, 7) is 1.86. The number of hydrogen-bond donors (Lipinski definition) is 2. The predicted molar refractivity (Wildman–Crippen MR) is 80.8 cm³/mol. The maximum atomic E-state index is 13.2. The Morgan fingerprint density at radius 3 is 2.65 bits per heavy atom. The molecule has 0 radical (unpaired) electrons. The lowest BCUT2D eigenvalue weighted by Gasteiger charge is -2.16. The first kappa shape index (κ1) is 14.5. The number of nitrogens with one attached hydrogen (secondary N) is 1. The first-order valence-electron chi connectivity index (χ1n) is 6.08. The number of anilines is 1. The molecule has 0 aliphatic heterocycles. The molecule has 20 heavy (non-hydrogen) atoms. The molecule has 1 amide bonds. The maximum absolute atomic E-state index is 13.2. The van der Waals surface area contributed by atoms with Crippen molar-refractivity contribution >= 4 is 27.5 Å². The van der Waals surface area contributed by atoms with Crippen molar-refractivity contribution in [3.63, 3.8) is 0 Å². The van der Waals surface area contributed by atoms with Crippen molar-refractivity contribution in [2.45, 2.75) is 13.0 Å². The zero-order valence-electron chi connectivity index (χ0n) is 10.9. The van der Waals surface area contributed by atoms with Gasteiger partial charge in [0, 0.05) is 15.7 Å². The van der Waals surface area contributed by atoms with E-state index in [1.165, 1.54) is 18.2 Å². The summed E-state index contributed by atoms with van der Waals surface area (Å²) in [4.78, 5) is 12.1. The van der Waals surface area contributed by atoms with Gasteiger partial charge in [-0.2, -0.15) is 0 Å². The minimum absolute atomic E-state index is 0.206. The molecular weight excluding hydrogens is 323 g/mol. The van der Waals surface area contributed by atoms with Crippen LogP contribution in [0.3, 0.4) is 0 Å². The van der Waals surface area contributed by atoms with Gasteiger partial charge in [0.2, 0.25) is 0 Å². The van der Waals surface area contributed by atoms with E-state index >= 15 is 0 Å². The van der Waals surface area contributed by atoms with Crippen LogP contribution < -0.4 is 11.1 Å². The van der Waals surface area contributed by atoms with Crippen molar-refractivity contribution in [2.24, 2.45) is 0 Å². The maximum Gasteiger partial charge on any atom is 0.251 e. The Labute approximate surface area is 125 Å². The fraction of sp³-hybridized carbons (Fsp3) is 0.133. The highest BCUT2D eigenvalue weighted by Gasteiger charge is 2.14. The number of halogens is 2. The van der Waals surface area contributed by atoms with Crippen LogP contribution in [0.5, 0.6) is 0 Å². The van der Waals surface area contributed by atoms with E-state index in [0.717, 1.165) is 10.0 Å². The zero-order chi connectivity index (χ0) is 14.7. The molecule has 2 rings (SSSR count). The standard InChI is InChI=1S/C15H14BrFN2O/c1-9(13-4-2-3-5-14(13)16)19-15(20)10-6-11(17)8-12(18)7-10/h2-9H,18H2,1H3,(H,19,20). The molecule has 0 aliphatic carbocycles. The number of hydrogen-bond acceptors (Lipinski definition) is 2. The van der Waals surface area contributed by atoms with Crippen molar-refractivity contribution < 1.29 is 9.18 Å². The van der Waals surface area contributed by atoms with E-state index in [2.05, 4.69) is 21.2 Å². The van der Waals surface area contributed by atoms with E-state index < -0.39 is 5.82 Å². The van der Waals surface area contributed by atoms with Gasteiger partial charge in [-0.1, -0.05) is 34.1 Å². The van der Waals surface area contributed by atoms with Crippen LogP contribution in [0.15, 0.2) is 46.9 Å². The molecule has 0 aromatic heterocycles. The third-order valence-corrected chi connectivity index (χ3v) is 3.62. The van der Waals surface area contributed by atoms with E-state index in [4.69, 9.17) is 5.73 Å². The molecule has 2 aromatic carbocycles. The molecule has 0 saturated heterocycles. The van der Waals surface area contributed by atoms with Crippen LogP contribution in [0.25, 0.3) is 0 Å². The van der Waals surface area contributed by atoms with Gasteiger partial charge >= 0.3 is 0 Å². The fourth-order valence-corrected chi connectivity index (χ4v) is 2.56. The quantitative estimate of drug-likeness (QED) is 0.840. The number of nitrogen functional groups attached to an aromatic ring is 1. The van der Waals surface area contributed by atoms with Gasteiger partial charge in [-0.25, -0.2) is 4.39 Å². The van der Waals surface area contributed by atoms with E-state index in [1.807, 2.05) is 31.2 Å². The van der Waals surface area contributed by atoms with E-state index in [0.29, 0.717) is 0 Å². The average molecular weight is 337 g/mol. The van der Waals surface area contributed by atoms with Gasteiger partial charge in [0.1, 0.15) is 5.82 Å². The van der Waals surface area contributed by atoms with Crippen molar-refractivity contribution in [3.8, 4) is 0 Å². The van der Waals surface area contributed by atoms with Crippen LogP contribution in [-0.2, 0) is 0 Å². The molecule has 0 heterocycles. The molecule has 104 valence electrons. The second-order valence-corrected chi connectivity index (χ2v) is 5.34. The number of rotatable bonds is 3. The molecule has 2 aromatic rings. The predicted octanol–water partition coefficient (Wildman–Crippen LogP) is 3.66. The first-order chi connectivity index (χ1) is 9.47. The van der Waals surface area contributed by atoms with Crippen LogP contribution in [0.4, 0.5) is 10.1 Å². The van der Waals surface area contributed by atoms with E-state index in [-0.39, 0.29) is 23.2 Å². The summed E-state index contributed by atoms with van der Waals surface area (Å²) in [5.74, 6) is -0.886. The summed E-state index contributed by atoms with van der Waals surface area (Å²) in [6, 6.07) is 11.2. The molecule has 1 atom stereocenters. The van der Waals surface area contributed by atoms with Crippen molar-refractivity contribution in [2.75, 3.05) is 5.73 Å². The Bertz CT molecular complexity index is 625. The molecule has 3 N–H and O–H groups in total. The Hall–Kier alpha value is -1.88. The number of carbonyl (C=O) groups is 1. The minimum Gasteiger partial charge on any atom is -0.399 e. The lowest BCUT2D eigenvalue weighted by molar-refractivity contribution is 0.0939. The highest BCUT2D eigenvalue weighted by Crippen LogP contribution is 2.23. The monoisotopic (exact) mass is 336 g/mol. The number of amides is 1. The third-order valence-electron chi connectivity index (χ3n) is 2.90. The van der Waals surface area contributed by atoms with Gasteiger partial charge in [-0.3, -0.25) is 4.79 Å². The van der Waals surface area contributed by atoms with Crippen LogP contribution in [-0.4, -0.2) is 5.91 Å². The Morgan fingerprint density at radius 2 is 2.00 bits per heavy atom.